The molecule has 0 unspecified atom stereocenters. The van der Waals surface area contributed by atoms with Gasteiger partial charge >= 0.3 is 0 Å². The molecular formula is C20H24N2O2. The molecule has 0 bridgehead atoms. The van der Waals surface area contributed by atoms with Gasteiger partial charge in [-0.2, -0.15) is 0 Å². The van der Waals surface area contributed by atoms with Crippen LogP contribution in [-0.2, 0) is 11.3 Å². The lowest BCUT2D eigenvalue weighted by molar-refractivity contribution is -0.139. The van der Waals surface area contributed by atoms with E-state index < -0.39 is 0 Å². The lowest BCUT2D eigenvalue weighted by Gasteiger charge is -2.31. The second kappa shape index (κ2) is 5.76. The third-order valence-corrected chi connectivity index (χ3v) is 5.44. The maximum absolute atomic E-state index is 12.7. The standard InChI is InChI=1S/C20H24N2O2/c1-12-8-13(2)18-15(9-12)10-16(19(23)21-18)11-22(17-6-7-17)20(24)14-4-3-5-14/h8-10,14,17H,3-7,11H2,1-2H3,(H,21,23). The Kier molecular flexibility index (Phi) is 3.70. The Balaban J connectivity index is 1.68. The van der Waals surface area contributed by atoms with E-state index in [2.05, 4.69) is 24.0 Å². The van der Waals surface area contributed by atoms with Gasteiger partial charge in [0.1, 0.15) is 0 Å². The number of fused-ring (bicyclic) bond motifs is 1. The van der Waals surface area contributed by atoms with Crippen LogP contribution in [0.15, 0.2) is 23.0 Å². The average Bonchev–Trinajstić information content (AvgIpc) is 3.28. The fourth-order valence-electron chi connectivity index (χ4n) is 3.70. The molecule has 4 rings (SSSR count). The molecule has 2 fully saturated rings. The zero-order valence-electron chi connectivity index (χ0n) is 14.4. The topological polar surface area (TPSA) is 53.2 Å². The fourth-order valence-corrected chi connectivity index (χ4v) is 3.70. The van der Waals surface area contributed by atoms with E-state index in [-0.39, 0.29) is 17.4 Å². The molecule has 0 atom stereocenters. The van der Waals surface area contributed by atoms with E-state index in [4.69, 9.17) is 0 Å². The van der Waals surface area contributed by atoms with Crippen LogP contribution in [0.1, 0.15) is 48.8 Å². The number of benzene rings is 1. The molecule has 1 N–H and O–H groups in total. The van der Waals surface area contributed by atoms with E-state index in [9.17, 15) is 9.59 Å². The molecule has 1 aromatic carbocycles. The molecule has 1 heterocycles. The van der Waals surface area contributed by atoms with Crippen molar-refractivity contribution in [1.82, 2.24) is 9.88 Å². The number of nitrogens with zero attached hydrogens (tertiary/aromatic N) is 1. The van der Waals surface area contributed by atoms with Crippen LogP contribution in [0, 0.1) is 19.8 Å². The van der Waals surface area contributed by atoms with Gasteiger partial charge in [-0.25, -0.2) is 0 Å². The van der Waals surface area contributed by atoms with Gasteiger partial charge in [0.05, 0.1) is 12.1 Å². The molecule has 2 aliphatic rings. The first-order valence-corrected chi connectivity index (χ1v) is 8.96. The van der Waals surface area contributed by atoms with Gasteiger partial charge < -0.3 is 9.88 Å². The van der Waals surface area contributed by atoms with Crippen molar-refractivity contribution in [2.45, 2.75) is 58.5 Å². The van der Waals surface area contributed by atoms with Crippen LogP contribution in [-0.4, -0.2) is 21.8 Å². The second-order valence-corrected chi connectivity index (χ2v) is 7.49. The van der Waals surface area contributed by atoms with Gasteiger partial charge in [0.15, 0.2) is 0 Å². The Morgan fingerprint density at radius 2 is 1.92 bits per heavy atom. The van der Waals surface area contributed by atoms with E-state index >= 15 is 0 Å². The minimum atomic E-state index is -0.0680. The summed E-state index contributed by atoms with van der Waals surface area (Å²) >= 11 is 0. The number of H-pyrrole nitrogens is 1. The monoisotopic (exact) mass is 324 g/mol. The maximum atomic E-state index is 12.7. The van der Waals surface area contributed by atoms with E-state index in [1.54, 1.807) is 0 Å². The number of amides is 1. The molecule has 0 saturated heterocycles. The molecule has 0 radical (unpaired) electrons. The zero-order valence-corrected chi connectivity index (χ0v) is 14.4. The second-order valence-electron chi connectivity index (χ2n) is 7.49. The van der Waals surface area contributed by atoms with E-state index in [1.807, 2.05) is 17.9 Å². The summed E-state index contributed by atoms with van der Waals surface area (Å²) in [6.07, 6.45) is 5.32. The maximum Gasteiger partial charge on any atom is 0.253 e. The highest BCUT2D eigenvalue weighted by Crippen LogP contribution is 2.34. The van der Waals surface area contributed by atoms with E-state index in [0.717, 1.165) is 48.6 Å². The van der Waals surface area contributed by atoms with Crippen LogP contribution in [0.2, 0.25) is 0 Å². The van der Waals surface area contributed by atoms with Gasteiger partial charge in [-0.1, -0.05) is 18.1 Å². The molecule has 2 aromatic rings. The first-order valence-electron chi connectivity index (χ1n) is 8.96. The Morgan fingerprint density at radius 1 is 1.17 bits per heavy atom. The summed E-state index contributed by atoms with van der Waals surface area (Å²) < 4.78 is 0. The number of aromatic amines is 1. The molecule has 2 aliphatic carbocycles. The summed E-state index contributed by atoms with van der Waals surface area (Å²) in [5.41, 5.74) is 3.80. The number of carbonyl (C=O) groups excluding carboxylic acids is 1. The van der Waals surface area contributed by atoms with E-state index in [1.165, 1.54) is 5.56 Å². The number of hydrogen-bond donors (Lipinski definition) is 1. The molecule has 4 heteroatoms. The summed E-state index contributed by atoms with van der Waals surface area (Å²) in [4.78, 5) is 30.2. The number of rotatable bonds is 4. The van der Waals surface area contributed by atoms with Gasteiger partial charge in [-0.3, -0.25) is 9.59 Å². The first kappa shape index (κ1) is 15.4. The average molecular weight is 324 g/mol. The minimum Gasteiger partial charge on any atom is -0.335 e. The number of aryl methyl sites for hydroxylation is 2. The number of nitrogens with one attached hydrogen (secondary N) is 1. The normalized spacial score (nSPS) is 17.8. The van der Waals surface area contributed by atoms with Crippen molar-refractivity contribution in [3.8, 4) is 0 Å². The Hall–Kier alpha value is -2.10. The lowest BCUT2D eigenvalue weighted by Crippen LogP contribution is -2.40. The van der Waals surface area contributed by atoms with Crippen LogP contribution in [0.3, 0.4) is 0 Å². The predicted octanol–water partition coefficient (Wildman–Crippen LogP) is 3.44. The highest BCUT2D eigenvalue weighted by molar-refractivity contribution is 5.83. The Labute approximate surface area is 141 Å². The smallest absolute Gasteiger partial charge is 0.253 e. The van der Waals surface area contributed by atoms with Crippen LogP contribution in [0.4, 0.5) is 0 Å². The summed E-state index contributed by atoms with van der Waals surface area (Å²) in [5.74, 6) is 0.443. The van der Waals surface area contributed by atoms with Gasteiger partial charge in [-0.05, 0) is 62.6 Å². The van der Waals surface area contributed by atoms with Crippen molar-refractivity contribution in [3.05, 3.63) is 45.2 Å². The SMILES string of the molecule is Cc1cc(C)c2[nH]c(=O)c(CN(C(=O)C3CCC3)C3CC3)cc2c1. The van der Waals surface area contributed by atoms with Crippen LogP contribution >= 0.6 is 0 Å². The third-order valence-electron chi connectivity index (χ3n) is 5.44. The van der Waals surface area contributed by atoms with Gasteiger partial charge in [0, 0.05) is 17.5 Å². The third kappa shape index (κ3) is 2.74. The van der Waals surface area contributed by atoms with Crippen molar-refractivity contribution < 1.29 is 4.79 Å². The Morgan fingerprint density at radius 3 is 2.54 bits per heavy atom. The predicted molar refractivity (Wildman–Crippen MR) is 95.0 cm³/mol. The molecular weight excluding hydrogens is 300 g/mol. The summed E-state index contributed by atoms with van der Waals surface area (Å²) in [5, 5.41) is 1.05. The highest BCUT2D eigenvalue weighted by atomic mass is 16.2. The summed E-state index contributed by atoms with van der Waals surface area (Å²) in [6.45, 7) is 4.52. The van der Waals surface area contributed by atoms with Gasteiger partial charge in [0.2, 0.25) is 5.91 Å². The van der Waals surface area contributed by atoms with Crippen molar-refractivity contribution in [2.75, 3.05) is 0 Å². The zero-order chi connectivity index (χ0) is 16.8. The molecule has 0 aliphatic heterocycles. The summed E-state index contributed by atoms with van der Waals surface area (Å²) in [7, 11) is 0. The molecule has 24 heavy (non-hydrogen) atoms. The highest BCUT2D eigenvalue weighted by Gasteiger charge is 2.38. The van der Waals surface area contributed by atoms with Crippen molar-refractivity contribution in [1.29, 1.82) is 0 Å². The first-order chi connectivity index (χ1) is 11.5. The number of aromatic nitrogens is 1. The lowest BCUT2D eigenvalue weighted by atomic mass is 9.84. The number of pyridine rings is 1. The van der Waals surface area contributed by atoms with Crippen LogP contribution < -0.4 is 5.56 Å². The number of hydrogen-bond acceptors (Lipinski definition) is 2. The van der Waals surface area contributed by atoms with Crippen LogP contribution in [0.5, 0.6) is 0 Å². The molecule has 2 saturated carbocycles. The molecule has 126 valence electrons. The van der Waals surface area contributed by atoms with Crippen molar-refractivity contribution in [2.24, 2.45) is 5.92 Å². The largest absolute Gasteiger partial charge is 0.335 e. The van der Waals surface area contributed by atoms with Crippen LogP contribution in [0.25, 0.3) is 10.9 Å². The van der Waals surface area contributed by atoms with Gasteiger partial charge in [0.25, 0.3) is 5.56 Å². The fraction of sp³-hybridized carbons (Fsp3) is 0.500. The summed E-state index contributed by atoms with van der Waals surface area (Å²) in [6, 6.07) is 6.48. The minimum absolute atomic E-state index is 0.0680. The van der Waals surface area contributed by atoms with E-state index in [0.29, 0.717) is 18.2 Å². The molecule has 4 nitrogen and oxygen atoms in total. The quantitative estimate of drug-likeness (QED) is 0.936. The van der Waals surface area contributed by atoms with Crippen molar-refractivity contribution in [3.63, 3.8) is 0 Å². The van der Waals surface area contributed by atoms with Crippen molar-refractivity contribution >= 4 is 16.8 Å². The van der Waals surface area contributed by atoms with Gasteiger partial charge in [-0.15, -0.1) is 0 Å². The number of carbonyl (C=O) groups is 1. The molecule has 1 aromatic heterocycles. The molecule has 0 spiro atoms. The molecule has 1 amide bonds. The Bertz CT molecular complexity index is 860.